The van der Waals surface area contributed by atoms with Crippen LogP contribution in [-0.4, -0.2) is 54.4 Å². The first kappa shape index (κ1) is 17.3. The van der Waals surface area contributed by atoms with Crippen molar-refractivity contribution in [3.63, 3.8) is 0 Å². The highest BCUT2D eigenvalue weighted by atomic mass is 16.5. The highest BCUT2D eigenvalue weighted by Crippen LogP contribution is 2.19. The second-order valence-corrected chi connectivity index (χ2v) is 6.25. The van der Waals surface area contributed by atoms with E-state index in [1.165, 1.54) is 12.5 Å². The second-order valence-electron chi connectivity index (χ2n) is 6.25. The van der Waals surface area contributed by atoms with Crippen molar-refractivity contribution in [2.24, 2.45) is 11.8 Å². The maximum absolute atomic E-state index is 12.2. The zero-order valence-corrected chi connectivity index (χ0v) is 13.5. The summed E-state index contributed by atoms with van der Waals surface area (Å²) in [6.45, 7) is 5.41. The van der Waals surface area contributed by atoms with Crippen LogP contribution in [0.4, 0.5) is 4.79 Å². The Morgan fingerprint density at radius 3 is 2.91 bits per heavy atom. The molecule has 0 aliphatic carbocycles. The molecule has 0 spiro atoms. The summed E-state index contributed by atoms with van der Waals surface area (Å²) in [6.07, 6.45) is 2.32. The van der Waals surface area contributed by atoms with Gasteiger partial charge >= 0.3 is 6.09 Å². The highest BCUT2D eigenvalue weighted by Gasteiger charge is 2.31. The molecule has 1 aromatic heterocycles. The molecule has 0 bridgehead atoms. The zero-order valence-electron chi connectivity index (χ0n) is 13.5. The molecule has 2 heterocycles. The molecule has 1 aromatic rings. The Morgan fingerprint density at radius 1 is 1.52 bits per heavy atom. The average molecular weight is 324 g/mol. The first-order valence-corrected chi connectivity index (χ1v) is 7.87. The Bertz CT molecular complexity index is 515. The first-order valence-electron chi connectivity index (χ1n) is 7.87. The van der Waals surface area contributed by atoms with Gasteiger partial charge in [-0.05, 0) is 18.4 Å². The number of ether oxygens (including phenoxy) is 1. The number of hydrogen-bond acceptors (Lipinski definition) is 5. The van der Waals surface area contributed by atoms with Gasteiger partial charge in [0.15, 0.2) is 0 Å². The van der Waals surface area contributed by atoms with Gasteiger partial charge in [0.25, 0.3) is 5.91 Å². The van der Waals surface area contributed by atoms with Crippen LogP contribution in [0.25, 0.3) is 0 Å². The number of β-amino-alcohol motifs (C(OH)–C–C–N with tert-alkyl or cyclic N) is 1. The minimum atomic E-state index is -0.676. The number of nitrogens with one attached hydrogen (secondary N) is 1. The molecular formula is C16H24N2O5. The maximum Gasteiger partial charge on any atom is 0.407 e. The summed E-state index contributed by atoms with van der Waals surface area (Å²) in [5.74, 6) is 0.0408. The fourth-order valence-corrected chi connectivity index (χ4v) is 2.48. The predicted molar refractivity (Wildman–Crippen MR) is 82.9 cm³/mol. The SMILES string of the molecule is CC(C)COC(=O)NC[C@H]1CCN(C(=O)c2ccoc2)C[C@@H]1O. The average Bonchev–Trinajstić information content (AvgIpc) is 3.05. The Kier molecular flexibility index (Phi) is 6.04. The van der Waals surface area contributed by atoms with Crippen molar-refractivity contribution < 1.29 is 23.8 Å². The molecule has 7 nitrogen and oxygen atoms in total. The summed E-state index contributed by atoms with van der Waals surface area (Å²) < 4.78 is 9.94. The van der Waals surface area contributed by atoms with E-state index in [2.05, 4.69) is 5.32 Å². The van der Waals surface area contributed by atoms with Gasteiger partial charge in [-0.15, -0.1) is 0 Å². The van der Waals surface area contributed by atoms with E-state index < -0.39 is 12.2 Å². The van der Waals surface area contributed by atoms with Crippen molar-refractivity contribution in [1.82, 2.24) is 10.2 Å². The monoisotopic (exact) mass is 324 g/mol. The lowest BCUT2D eigenvalue weighted by Gasteiger charge is -2.35. The van der Waals surface area contributed by atoms with E-state index in [4.69, 9.17) is 9.15 Å². The molecule has 2 atom stereocenters. The van der Waals surface area contributed by atoms with Crippen molar-refractivity contribution in [1.29, 1.82) is 0 Å². The number of hydrogen-bond donors (Lipinski definition) is 2. The number of nitrogens with zero attached hydrogens (tertiary/aromatic N) is 1. The summed E-state index contributed by atoms with van der Waals surface area (Å²) in [4.78, 5) is 25.3. The van der Waals surface area contributed by atoms with E-state index in [1.807, 2.05) is 13.8 Å². The third kappa shape index (κ3) is 4.99. The van der Waals surface area contributed by atoms with Crippen molar-refractivity contribution in [3.05, 3.63) is 24.2 Å². The molecule has 1 aliphatic heterocycles. The smallest absolute Gasteiger partial charge is 0.407 e. The molecule has 1 saturated heterocycles. The van der Waals surface area contributed by atoms with Gasteiger partial charge in [-0.3, -0.25) is 4.79 Å². The van der Waals surface area contributed by atoms with Crippen LogP contribution < -0.4 is 5.32 Å². The Morgan fingerprint density at radius 2 is 2.30 bits per heavy atom. The molecule has 0 radical (unpaired) electrons. The number of rotatable bonds is 5. The molecule has 128 valence electrons. The Balaban J connectivity index is 1.76. The lowest BCUT2D eigenvalue weighted by atomic mass is 9.93. The van der Waals surface area contributed by atoms with Crippen LogP contribution in [0.3, 0.4) is 0 Å². The molecule has 23 heavy (non-hydrogen) atoms. The van der Waals surface area contributed by atoms with Crippen molar-refractivity contribution in [2.75, 3.05) is 26.2 Å². The number of likely N-dealkylation sites (tertiary alicyclic amines) is 1. The molecule has 1 aliphatic rings. The lowest BCUT2D eigenvalue weighted by Crippen LogP contribution is -2.49. The summed E-state index contributed by atoms with van der Waals surface area (Å²) in [5.41, 5.74) is 0.478. The molecule has 7 heteroatoms. The van der Waals surface area contributed by atoms with Crippen LogP contribution >= 0.6 is 0 Å². The van der Waals surface area contributed by atoms with Crippen LogP contribution in [0.15, 0.2) is 23.0 Å². The molecule has 0 aromatic carbocycles. The number of alkyl carbamates (subject to hydrolysis) is 1. The fraction of sp³-hybridized carbons (Fsp3) is 0.625. The van der Waals surface area contributed by atoms with Gasteiger partial charge in [-0.1, -0.05) is 13.8 Å². The fourth-order valence-electron chi connectivity index (χ4n) is 2.48. The third-order valence-corrected chi connectivity index (χ3v) is 3.83. The Hall–Kier alpha value is -2.02. The number of aliphatic hydroxyl groups is 1. The number of furan rings is 1. The van der Waals surface area contributed by atoms with Crippen molar-refractivity contribution >= 4 is 12.0 Å². The molecule has 2 amide bonds. The summed E-state index contributed by atoms with van der Waals surface area (Å²) in [6, 6.07) is 1.60. The molecule has 0 unspecified atom stereocenters. The van der Waals surface area contributed by atoms with Gasteiger partial charge in [0.1, 0.15) is 6.26 Å². The number of carbonyl (C=O) groups is 2. The van der Waals surface area contributed by atoms with Gasteiger partial charge in [-0.2, -0.15) is 0 Å². The standard InChI is InChI=1S/C16H24N2O5/c1-11(2)9-23-16(21)17-7-12-3-5-18(8-14(12)19)15(20)13-4-6-22-10-13/h4,6,10-12,14,19H,3,5,7-9H2,1-2H3,(H,17,21)/t12-,14+/m1/s1. The lowest BCUT2D eigenvalue weighted by molar-refractivity contribution is 0.0194. The van der Waals surface area contributed by atoms with E-state index in [0.717, 1.165) is 0 Å². The molecule has 1 fully saturated rings. The largest absolute Gasteiger partial charge is 0.472 e. The topological polar surface area (TPSA) is 92.0 Å². The van der Waals surface area contributed by atoms with E-state index >= 15 is 0 Å². The van der Waals surface area contributed by atoms with E-state index in [0.29, 0.717) is 31.7 Å². The number of aliphatic hydroxyl groups excluding tert-OH is 1. The Labute approximate surface area is 135 Å². The molecule has 0 saturated carbocycles. The van der Waals surface area contributed by atoms with Crippen LogP contribution in [0, 0.1) is 11.8 Å². The molecule has 2 rings (SSSR count). The van der Waals surface area contributed by atoms with Gasteiger partial charge in [0.2, 0.25) is 0 Å². The van der Waals surface area contributed by atoms with Crippen LogP contribution in [0.2, 0.25) is 0 Å². The summed E-state index contributed by atoms with van der Waals surface area (Å²) in [7, 11) is 0. The van der Waals surface area contributed by atoms with Gasteiger partial charge in [0, 0.05) is 25.6 Å². The third-order valence-electron chi connectivity index (χ3n) is 3.83. The van der Waals surface area contributed by atoms with Crippen LogP contribution in [0.1, 0.15) is 30.6 Å². The molecular weight excluding hydrogens is 300 g/mol. The summed E-state index contributed by atoms with van der Waals surface area (Å²) >= 11 is 0. The van der Waals surface area contributed by atoms with Crippen LogP contribution in [0.5, 0.6) is 0 Å². The highest BCUT2D eigenvalue weighted by molar-refractivity contribution is 5.93. The predicted octanol–water partition coefficient (Wildman–Crippen LogP) is 1.48. The maximum atomic E-state index is 12.2. The summed E-state index contributed by atoms with van der Waals surface area (Å²) in [5, 5.41) is 12.9. The number of amides is 2. The second kappa shape index (κ2) is 8.01. The zero-order chi connectivity index (χ0) is 16.8. The normalized spacial score (nSPS) is 21.3. The number of carbonyl (C=O) groups excluding carboxylic acids is 2. The minimum absolute atomic E-state index is 0.0880. The van der Waals surface area contributed by atoms with E-state index in [9.17, 15) is 14.7 Å². The van der Waals surface area contributed by atoms with Gasteiger partial charge in [-0.25, -0.2) is 4.79 Å². The van der Waals surface area contributed by atoms with Gasteiger partial charge in [0.05, 0.1) is 24.5 Å². The van der Waals surface area contributed by atoms with Crippen LogP contribution in [-0.2, 0) is 4.74 Å². The van der Waals surface area contributed by atoms with Crippen molar-refractivity contribution in [3.8, 4) is 0 Å². The minimum Gasteiger partial charge on any atom is -0.472 e. The van der Waals surface area contributed by atoms with Gasteiger partial charge < -0.3 is 24.5 Å². The number of piperidine rings is 1. The quantitative estimate of drug-likeness (QED) is 0.856. The van der Waals surface area contributed by atoms with Crippen molar-refractivity contribution in [2.45, 2.75) is 26.4 Å². The first-order chi connectivity index (χ1) is 11.0. The molecule has 2 N–H and O–H groups in total. The van der Waals surface area contributed by atoms with E-state index in [-0.39, 0.29) is 24.3 Å². The van der Waals surface area contributed by atoms with E-state index in [1.54, 1.807) is 11.0 Å².